The van der Waals surface area contributed by atoms with Crippen molar-refractivity contribution in [3.05, 3.63) is 62.6 Å². The van der Waals surface area contributed by atoms with Crippen molar-refractivity contribution in [3.63, 3.8) is 0 Å². The Labute approximate surface area is 181 Å². The fourth-order valence-electron chi connectivity index (χ4n) is 3.70. The molecule has 1 aliphatic heterocycles. The van der Waals surface area contributed by atoms with Crippen LogP contribution in [0.2, 0.25) is 0 Å². The Morgan fingerprint density at radius 2 is 1.62 bits per heavy atom. The van der Waals surface area contributed by atoms with E-state index in [0.29, 0.717) is 24.0 Å². The number of hydrogen-bond acceptors (Lipinski definition) is 7. The van der Waals surface area contributed by atoms with Gasteiger partial charge in [0.25, 0.3) is 17.4 Å². The van der Waals surface area contributed by atoms with Gasteiger partial charge in [0.15, 0.2) is 11.2 Å². The molecule has 0 unspecified atom stereocenters. The number of rotatable bonds is 7. The molecule has 0 fully saturated rings. The van der Waals surface area contributed by atoms with Gasteiger partial charge in [-0.15, -0.1) is 0 Å². The summed E-state index contributed by atoms with van der Waals surface area (Å²) in [5.41, 5.74) is 0.0759. The molecule has 11 heteroatoms. The van der Waals surface area contributed by atoms with Gasteiger partial charge in [-0.25, -0.2) is 9.78 Å². The molecule has 1 aromatic carbocycles. The lowest BCUT2D eigenvalue weighted by Crippen LogP contribution is -2.37. The molecule has 0 atom stereocenters. The number of imidazole rings is 1. The second kappa shape index (κ2) is 8.25. The second-order valence-electron chi connectivity index (χ2n) is 7.49. The molecule has 3 aromatic rings. The molecular weight excluding hydrogens is 418 g/mol. The summed E-state index contributed by atoms with van der Waals surface area (Å²) in [4.78, 5) is 66.5. The first-order valence-corrected chi connectivity index (χ1v) is 10.0. The highest BCUT2D eigenvalue weighted by molar-refractivity contribution is 6.21. The standard InChI is InChI=1S/C21H21N5O6/c1-23-17-16(20(30)24(2)21(23)31)25(12-22-17)11-15(27)32-10-6-5-9-26-18(28)13-7-3-4-8-14(13)19(26)29/h3-4,7-8,12H,5-6,9-11H2,1-2H3. The lowest BCUT2D eigenvalue weighted by molar-refractivity contribution is -0.144. The molecule has 0 saturated carbocycles. The quantitative estimate of drug-likeness (QED) is 0.289. The number of amides is 2. The lowest BCUT2D eigenvalue weighted by atomic mass is 10.1. The number of ether oxygens (including phenoxy) is 1. The summed E-state index contributed by atoms with van der Waals surface area (Å²) < 4.78 is 8.74. The first-order valence-electron chi connectivity index (χ1n) is 10.0. The molecule has 0 saturated heterocycles. The second-order valence-corrected chi connectivity index (χ2v) is 7.49. The van der Waals surface area contributed by atoms with E-state index in [-0.39, 0.29) is 42.7 Å². The molecule has 3 heterocycles. The number of fused-ring (bicyclic) bond motifs is 2. The number of carbonyl (C=O) groups excluding carboxylic acids is 3. The average Bonchev–Trinajstić information content (AvgIpc) is 3.30. The number of aromatic nitrogens is 4. The summed E-state index contributed by atoms with van der Waals surface area (Å²) in [6.07, 6.45) is 2.25. The van der Waals surface area contributed by atoms with E-state index in [1.165, 1.54) is 34.5 Å². The maximum Gasteiger partial charge on any atom is 0.332 e. The summed E-state index contributed by atoms with van der Waals surface area (Å²) in [6.45, 7) is 0.105. The number of carbonyl (C=O) groups is 3. The Bertz CT molecular complexity index is 1330. The van der Waals surface area contributed by atoms with Crippen LogP contribution in [0.15, 0.2) is 40.2 Å². The number of aryl methyl sites for hydroxylation is 1. The van der Waals surface area contributed by atoms with E-state index in [1.54, 1.807) is 24.3 Å². The molecule has 0 N–H and O–H groups in total. The third-order valence-corrected chi connectivity index (χ3v) is 5.43. The minimum absolute atomic E-state index is 0.102. The number of nitrogens with zero attached hydrogens (tertiary/aromatic N) is 5. The van der Waals surface area contributed by atoms with Crippen LogP contribution in [-0.2, 0) is 30.2 Å². The Balaban J connectivity index is 1.30. The molecule has 2 amide bonds. The molecule has 0 radical (unpaired) electrons. The molecule has 166 valence electrons. The van der Waals surface area contributed by atoms with E-state index < -0.39 is 17.2 Å². The molecule has 0 aliphatic carbocycles. The van der Waals surface area contributed by atoms with Crippen LogP contribution in [0.4, 0.5) is 0 Å². The fourth-order valence-corrected chi connectivity index (χ4v) is 3.70. The van der Waals surface area contributed by atoms with E-state index in [9.17, 15) is 24.0 Å². The molecule has 0 spiro atoms. The smallest absolute Gasteiger partial charge is 0.332 e. The fraction of sp³-hybridized carbons (Fsp3) is 0.333. The van der Waals surface area contributed by atoms with Gasteiger partial charge in [-0.05, 0) is 25.0 Å². The van der Waals surface area contributed by atoms with Crippen molar-refractivity contribution in [2.45, 2.75) is 19.4 Å². The summed E-state index contributed by atoms with van der Waals surface area (Å²) in [7, 11) is 2.85. The summed E-state index contributed by atoms with van der Waals surface area (Å²) in [6, 6.07) is 6.68. The van der Waals surface area contributed by atoms with Crippen molar-refractivity contribution in [2.24, 2.45) is 14.1 Å². The SMILES string of the molecule is Cn1c(=O)c2c(ncn2CC(=O)OCCCCN2C(=O)c3ccccc3C2=O)n(C)c1=O. The summed E-state index contributed by atoms with van der Waals surface area (Å²) >= 11 is 0. The maximum absolute atomic E-state index is 12.4. The zero-order valence-corrected chi connectivity index (χ0v) is 17.6. The van der Waals surface area contributed by atoms with Crippen molar-refractivity contribution < 1.29 is 19.1 Å². The first-order chi connectivity index (χ1) is 15.3. The van der Waals surface area contributed by atoms with Crippen LogP contribution in [0.5, 0.6) is 0 Å². The van der Waals surface area contributed by atoms with E-state index in [2.05, 4.69) is 4.98 Å². The average molecular weight is 439 g/mol. The van der Waals surface area contributed by atoms with Gasteiger partial charge in [-0.3, -0.25) is 33.2 Å². The largest absolute Gasteiger partial charge is 0.464 e. The van der Waals surface area contributed by atoms with Crippen LogP contribution in [0.25, 0.3) is 11.2 Å². The minimum atomic E-state index is -0.569. The van der Waals surface area contributed by atoms with Gasteiger partial charge >= 0.3 is 11.7 Å². The molecule has 2 aromatic heterocycles. The number of hydrogen-bond donors (Lipinski definition) is 0. The van der Waals surface area contributed by atoms with Crippen molar-refractivity contribution in [1.82, 2.24) is 23.6 Å². The van der Waals surface area contributed by atoms with Gasteiger partial charge < -0.3 is 9.30 Å². The predicted octanol–water partition coefficient (Wildman–Crippen LogP) is 0.0533. The van der Waals surface area contributed by atoms with Crippen LogP contribution in [0.1, 0.15) is 33.6 Å². The molecule has 4 rings (SSSR count). The third-order valence-electron chi connectivity index (χ3n) is 5.43. The van der Waals surface area contributed by atoms with Crippen molar-refractivity contribution >= 4 is 28.9 Å². The highest BCUT2D eigenvalue weighted by atomic mass is 16.5. The molecular formula is C21H21N5O6. The molecule has 0 bridgehead atoms. The number of benzene rings is 1. The van der Waals surface area contributed by atoms with E-state index in [1.807, 2.05) is 0 Å². The van der Waals surface area contributed by atoms with Crippen LogP contribution in [-0.4, -0.2) is 54.5 Å². The van der Waals surface area contributed by atoms with Crippen molar-refractivity contribution in [2.75, 3.05) is 13.2 Å². The molecule has 1 aliphatic rings. The molecule has 11 nitrogen and oxygen atoms in total. The van der Waals surface area contributed by atoms with Crippen molar-refractivity contribution in [1.29, 1.82) is 0 Å². The monoisotopic (exact) mass is 439 g/mol. The lowest BCUT2D eigenvalue weighted by Gasteiger charge is -2.13. The summed E-state index contributed by atoms with van der Waals surface area (Å²) in [5.74, 6) is -1.20. The van der Waals surface area contributed by atoms with Gasteiger partial charge in [0, 0.05) is 20.6 Å². The molecule has 32 heavy (non-hydrogen) atoms. The minimum Gasteiger partial charge on any atom is -0.464 e. The van der Waals surface area contributed by atoms with Gasteiger partial charge in [0.2, 0.25) is 0 Å². The van der Waals surface area contributed by atoms with Crippen LogP contribution >= 0.6 is 0 Å². The van der Waals surface area contributed by atoms with Crippen LogP contribution in [0, 0.1) is 0 Å². The van der Waals surface area contributed by atoms with E-state index >= 15 is 0 Å². The zero-order valence-electron chi connectivity index (χ0n) is 17.6. The number of imide groups is 1. The van der Waals surface area contributed by atoms with E-state index in [4.69, 9.17) is 4.74 Å². The Hall–Kier alpha value is -4.02. The normalized spacial score (nSPS) is 13.1. The van der Waals surface area contributed by atoms with Gasteiger partial charge in [0.05, 0.1) is 24.1 Å². The van der Waals surface area contributed by atoms with Crippen LogP contribution in [0.3, 0.4) is 0 Å². The Morgan fingerprint density at radius 3 is 2.28 bits per heavy atom. The third kappa shape index (κ3) is 3.51. The van der Waals surface area contributed by atoms with E-state index in [0.717, 1.165) is 4.57 Å². The van der Waals surface area contributed by atoms with Gasteiger partial charge in [-0.2, -0.15) is 0 Å². The zero-order chi connectivity index (χ0) is 23.0. The first kappa shape index (κ1) is 21.2. The maximum atomic E-state index is 12.4. The summed E-state index contributed by atoms with van der Waals surface area (Å²) in [5, 5.41) is 0. The predicted molar refractivity (Wildman–Crippen MR) is 112 cm³/mol. The van der Waals surface area contributed by atoms with Gasteiger partial charge in [0.1, 0.15) is 6.54 Å². The van der Waals surface area contributed by atoms with Gasteiger partial charge in [-0.1, -0.05) is 12.1 Å². The highest BCUT2D eigenvalue weighted by Gasteiger charge is 2.34. The Kier molecular flexibility index (Phi) is 5.47. The number of esters is 1. The van der Waals surface area contributed by atoms with Crippen molar-refractivity contribution in [3.8, 4) is 0 Å². The number of unbranched alkanes of at least 4 members (excludes halogenated alkanes) is 1. The topological polar surface area (TPSA) is 126 Å². The van der Waals surface area contributed by atoms with Crippen LogP contribution < -0.4 is 11.2 Å². The highest BCUT2D eigenvalue weighted by Crippen LogP contribution is 2.22. The Morgan fingerprint density at radius 1 is 0.969 bits per heavy atom.